The summed E-state index contributed by atoms with van der Waals surface area (Å²) in [5.74, 6) is -0.641. The molecule has 0 heterocycles. The Bertz CT molecular complexity index is 557. The lowest BCUT2D eigenvalue weighted by Crippen LogP contribution is -2.38. The minimum Gasteiger partial charge on any atom is -0.294 e. The van der Waals surface area contributed by atoms with Crippen molar-refractivity contribution >= 4 is 46.3 Å². The quantitative estimate of drug-likeness (QED) is 0.461. The van der Waals surface area contributed by atoms with Crippen molar-refractivity contribution in [3.63, 3.8) is 0 Å². The van der Waals surface area contributed by atoms with Gasteiger partial charge in [-0.15, -0.1) is 0 Å². The number of Topliss-reactive ketones (excluding diaryl/α,β-unsaturated/α-hetero) is 1. The molecule has 6 heteroatoms. The van der Waals surface area contributed by atoms with Gasteiger partial charge in [-0.1, -0.05) is 59.1 Å². The van der Waals surface area contributed by atoms with Crippen molar-refractivity contribution < 1.29 is 4.79 Å². The maximum absolute atomic E-state index is 12.4. The van der Waals surface area contributed by atoms with Crippen LogP contribution in [0.3, 0.4) is 0 Å². The van der Waals surface area contributed by atoms with Gasteiger partial charge in [0.05, 0.1) is 0 Å². The van der Waals surface area contributed by atoms with E-state index in [0.29, 0.717) is 5.56 Å². The average molecular weight is 350 g/mol. The molecule has 3 nitrogen and oxygen atoms in total. The van der Waals surface area contributed by atoms with E-state index in [4.69, 9.17) is 34.8 Å². The number of halogens is 3. The summed E-state index contributed by atoms with van der Waals surface area (Å²) in [6, 6.07) is 7.37. The lowest BCUT2D eigenvalue weighted by molar-refractivity contribution is -0.112. The van der Waals surface area contributed by atoms with Gasteiger partial charge in [-0.2, -0.15) is 5.10 Å². The first-order chi connectivity index (χ1) is 9.44. The Balaban J connectivity index is 3.42. The third-order valence-electron chi connectivity index (χ3n) is 3.09. The van der Waals surface area contributed by atoms with Gasteiger partial charge >= 0.3 is 0 Å². The Morgan fingerprint density at radius 1 is 1.14 bits per heavy atom. The maximum Gasteiger partial charge on any atom is 0.255 e. The molecule has 21 heavy (non-hydrogen) atoms. The number of rotatable bonds is 3. The molecule has 0 spiro atoms. The van der Waals surface area contributed by atoms with Gasteiger partial charge in [0.1, 0.15) is 5.71 Å². The molecule has 0 atom stereocenters. The number of benzene rings is 1. The predicted octanol–water partition coefficient (Wildman–Crippen LogP) is 4.37. The summed E-state index contributed by atoms with van der Waals surface area (Å²) >= 11 is 17.3. The van der Waals surface area contributed by atoms with Crippen LogP contribution in [-0.4, -0.2) is 32.9 Å². The largest absolute Gasteiger partial charge is 0.294 e. The zero-order chi connectivity index (χ0) is 16.4. The van der Waals surface area contributed by atoms with Crippen LogP contribution in [-0.2, 0) is 4.79 Å². The minimum absolute atomic E-state index is 0.144. The molecular weight excluding hydrogens is 331 g/mol. The third-order valence-corrected chi connectivity index (χ3v) is 3.61. The van der Waals surface area contributed by atoms with Gasteiger partial charge in [0.15, 0.2) is 0 Å². The van der Waals surface area contributed by atoms with Crippen molar-refractivity contribution in [1.82, 2.24) is 5.01 Å². The number of ketones is 1. The molecule has 0 N–H and O–H groups in total. The summed E-state index contributed by atoms with van der Waals surface area (Å²) in [7, 11) is 1.78. The van der Waals surface area contributed by atoms with E-state index in [1.54, 1.807) is 18.1 Å². The summed E-state index contributed by atoms with van der Waals surface area (Å²) in [4.78, 5) is 12.4. The molecule has 0 saturated carbocycles. The van der Waals surface area contributed by atoms with Gasteiger partial charge in [-0.25, -0.2) is 0 Å². The molecule has 0 aliphatic heterocycles. The Labute approximate surface area is 140 Å². The minimum atomic E-state index is -2.04. The van der Waals surface area contributed by atoms with Crippen molar-refractivity contribution in [2.24, 2.45) is 5.10 Å². The molecule has 0 aliphatic carbocycles. The highest BCUT2D eigenvalue weighted by Gasteiger charge is 2.36. The monoisotopic (exact) mass is 348 g/mol. The number of nitrogens with zero attached hydrogens (tertiary/aromatic N) is 2. The summed E-state index contributed by atoms with van der Waals surface area (Å²) in [6.07, 6.45) is 0. The van der Waals surface area contributed by atoms with E-state index in [-0.39, 0.29) is 11.3 Å². The van der Waals surface area contributed by atoms with Crippen LogP contribution >= 0.6 is 34.8 Å². The number of hydrogen-bond acceptors (Lipinski definition) is 3. The highest BCUT2D eigenvalue weighted by atomic mass is 35.6. The predicted molar refractivity (Wildman–Crippen MR) is 90.5 cm³/mol. The standard InChI is InChI=1S/C15H19Cl3N2O/c1-10-8-6-7-9-11(10)12(13(21)15(16,17)18)19-20(5)14(2,3)4/h6-9H,1-5H3/b19-12-. The van der Waals surface area contributed by atoms with Crippen LogP contribution in [0.15, 0.2) is 29.4 Å². The van der Waals surface area contributed by atoms with E-state index in [9.17, 15) is 4.79 Å². The van der Waals surface area contributed by atoms with E-state index in [0.717, 1.165) is 5.56 Å². The molecule has 0 radical (unpaired) electrons. The highest BCUT2D eigenvalue weighted by molar-refractivity contribution is 6.83. The summed E-state index contributed by atoms with van der Waals surface area (Å²) in [5.41, 5.74) is 1.43. The molecule has 0 bridgehead atoms. The third kappa shape index (κ3) is 4.87. The number of aryl methyl sites for hydroxylation is 1. The molecule has 0 amide bonds. The fraction of sp³-hybridized carbons (Fsp3) is 0.467. The van der Waals surface area contributed by atoms with Crippen LogP contribution in [0.2, 0.25) is 0 Å². The first-order valence-corrected chi connectivity index (χ1v) is 7.58. The van der Waals surface area contributed by atoms with Crippen LogP contribution in [0.1, 0.15) is 31.9 Å². The Kier molecular flexibility index (Phi) is 5.70. The van der Waals surface area contributed by atoms with E-state index in [1.165, 1.54) is 0 Å². The lowest BCUT2D eigenvalue weighted by Gasteiger charge is -2.30. The van der Waals surface area contributed by atoms with E-state index >= 15 is 0 Å². The molecule has 0 fully saturated rings. The van der Waals surface area contributed by atoms with Gasteiger partial charge in [-0.3, -0.25) is 9.80 Å². The fourth-order valence-corrected chi connectivity index (χ4v) is 1.76. The molecule has 1 aromatic carbocycles. The second kappa shape index (κ2) is 6.55. The number of alkyl halides is 3. The van der Waals surface area contributed by atoms with Crippen molar-refractivity contribution in [2.75, 3.05) is 7.05 Å². The fourth-order valence-electron chi connectivity index (χ4n) is 1.49. The maximum atomic E-state index is 12.4. The summed E-state index contributed by atoms with van der Waals surface area (Å²) in [5, 5.41) is 6.08. The van der Waals surface area contributed by atoms with Crippen LogP contribution in [0.25, 0.3) is 0 Å². The molecule has 116 valence electrons. The smallest absolute Gasteiger partial charge is 0.255 e. The first-order valence-electron chi connectivity index (χ1n) is 6.44. The van der Waals surface area contributed by atoms with Gasteiger partial charge in [0.2, 0.25) is 5.78 Å². The molecule has 0 aromatic heterocycles. The van der Waals surface area contributed by atoms with Gasteiger partial charge < -0.3 is 0 Å². The number of hydrazone groups is 1. The van der Waals surface area contributed by atoms with Gasteiger partial charge in [-0.05, 0) is 33.3 Å². The topological polar surface area (TPSA) is 32.7 Å². The second-order valence-corrected chi connectivity index (χ2v) is 8.07. The van der Waals surface area contributed by atoms with Gasteiger partial charge in [0.25, 0.3) is 3.79 Å². The van der Waals surface area contributed by atoms with Crippen molar-refractivity contribution in [3.8, 4) is 0 Å². The molecule has 0 unspecified atom stereocenters. The number of hydrogen-bond donors (Lipinski definition) is 0. The Hall–Kier alpha value is -0.770. The van der Waals surface area contributed by atoms with Crippen molar-refractivity contribution in [3.05, 3.63) is 35.4 Å². The van der Waals surface area contributed by atoms with E-state index in [2.05, 4.69) is 5.10 Å². The van der Waals surface area contributed by atoms with E-state index < -0.39 is 9.58 Å². The highest BCUT2D eigenvalue weighted by Crippen LogP contribution is 2.30. The number of carbonyl (C=O) groups is 1. The zero-order valence-corrected chi connectivity index (χ0v) is 15.0. The molecule has 0 aliphatic rings. The first kappa shape index (κ1) is 18.3. The van der Waals surface area contributed by atoms with Crippen LogP contribution in [0, 0.1) is 6.92 Å². The van der Waals surface area contributed by atoms with Crippen molar-refractivity contribution in [2.45, 2.75) is 37.0 Å². The number of carbonyl (C=O) groups excluding carboxylic acids is 1. The average Bonchev–Trinajstić information content (AvgIpc) is 2.33. The second-order valence-electron chi connectivity index (χ2n) is 5.78. The Morgan fingerprint density at radius 3 is 2.10 bits per heavy atom. The summed E-state index contributed by atoms with van der Waals surface area (Å²) < 4.78 is -2.04. The SMILES string of the molecule is Cc1ccccc1/C(=N/N(C)C(C)(C)C)C(=O)C(Cl)(Cl)Cl. The van der Waals surface area contributed by atoms with Gasteiger partial charge in [0, 0.05) is 18.2 Å². The summed E-state index contributed by atoms with van der Waals surface area (Å²) in [6.45, 7) is 7.82. The zero-order valence-electron chi connectivity index (χ0n) is 12.7. The normalized spacial score (nSPS) is 13.2. The molecule has 1 aromatic rings. The molecular formula is C15H19Cl3N2O. The van der Waals surface area contributed by atoms with Crippen LogP contribution in [0.5, 0.6) is 0 Å². The van der Waals surface area contributed by atoms with Crippen LogP contribution < -0.4 is 0 Å². The lowest BCUT2D eigenvalue weighted by atomic mass is 10.0. The van der Waals surface area contributed by atoms with E-state index in [1.807, 2.05) is 45.9 Å². The molecule has 0 saturated heterocycles. The van der Waals surface area contributed by atoms with Crippen LogP contribution in [0.4, 0.5) is 0 Å². The Morgan fingerprint density at radius 2 is 1.67 bits per heavy atom. The molecule has 1 rings (SSSR count). The van der Waals surface area contributed by atoms with Crippen molar-refractivity contribution in [1.29, 1.82) is 0 Å².